The summed E-state index contributed by atoms with van der Waals surface area (Å²) in [6, 6.07) is 6.26. The summed E-state index contributed by atoms with van der Waals surface area (Å²) in [7, 11) is 0. The maximum atomic E-state index is 9.86. The van der Waals surface area contributed by atoms with Crippen LogP contribution in [0.25, 0.3) is 0 Å². The Bertz CT molecular complexity index is 558. The zero-order chi connectivity index (χ0) is 12.7. The van der Waals surface area contributed by atoms with Crippen molar-refractivity contribution in [2.24, 2.45) is 0 Å². The molecule has 1 N–H and O–H groups in total. The van der Waals surface area contributed by atoms with Crippen molar-refractivity contribution in [1.29, 1.82) is 0 Å². The third kappa shape index (κ3) is 1.72. The Hall–Kier alpha value is -1.70. The molecule has 1 unspecified atom stereocenters. The fourth-order valence-electron chi connectivity index (χ4n) is 3.00. The summed E-state index contributed by atoms with van der Waals surface area (Å²) in [6.07, 6.45) is 5.25. The highest BCUT2D eigenvalue weighted by molar-refractivity contribution is 5.45. The summed E-state index contributed by atoms with van der Waals surface area (Å²) in [6.45, 7) is 3.91. The highest BCUT2D eigenvalue weighted by atomic mass is 16.3. The highest BCUT2D eigenvalue weighted by Gasteiger charge is 2.25. The Morgan fingerprint density at radius 3 is 2.67 bits per heavy atom. The van der Waals surface area contributed by atoms with Gasteiger partial charge in [0.25, 0.3) is 0 Å². The molecule has 1 heterocycles. The molecule has 0 bridgehead atoms. The average molecular weight is 242 g/mol. The standard InChI is InChI=1S/C16H18O2/c1-10-8-13(9-11(2)15(10)17)14-5-3-4-12-6-7-18-16(12)14/h6-9,14,17H,3-5H2,1-2H3. The van der Waals surface area contributed by atoms with E-state index >= 15 is 0 Å². The van der Waals surface area contributed by atoms with Gasteiger partial charge in [0.1, 0.15) is 11.5 Å². The molecular weight excluding hydrogens is 224 g/mol. The summed E-state index contributed by atoms with van der Waals surface area (Å²) >= 11 is 0. The van der Waals surface area contributed by atoms with Gasteiger partial charge in [0.05, 0.1) is 6.26 Å². The summed E-state index contributed by atoms with van der Waals surface area (Å²) < 4.78 is 5.67. The number of furan rings is 1. The van der Waals surface area contributed by atoms with E-state index in [0.717, 1.165) is 29.7 Å². The molecule has 0 fully saturated rings. The van der Waals surface area contributed by atoms with E-state index in [1.165, 1.54) is 17.5 Å². The minimum atomic E-state index is 0.349. The molecule has 1 atom stereocenters. The van der Waals surface area contributed by atoms with E-state index in [4.69, 9.17) is 4.42 Å². The zero-order valence-corrected chi connectivity index (χ0v) is 10.9. The molecule has 1 aliphatic rings. The van der Waals surface area contributed by atoms with Gasteiger partial charge in [-0.1, -0.05) is 12.1 Å². The van der Waals surface area contributed by atoms with Gasteiger partial charge in [-0.25, -0.2) is 0 Å². The molecule has 3 rings (SSSR count). The van der Waals surface area contributed by atoms with Gasteiger partial charge in [-0.2, -0.15) is 0 Å². The summed E-state index contributed by atoms with van der Waals surface area (Å²) in [4.78, 5) is 0. The van der Waals surface area contributed by atoms with Gasteiger partial charge < -0.3 is 9.52 Å². The highest BCUT2D eigenvalue weighted by Crippen LogP contribution is 2.39. The molecule has 0 saturated carbocycles. The zero-order valence-electron chi connectivity index (χ0n) is 10.9. The van der Waals surface area contributed by atoms with Crippen LogP contribution in [0.1, 0.15) is 46.8 Å². The second-order valence-corrected chi connectivity index (χ2v) is 5.26. The first-order chi connectivity index (χ1) is 8.66. The molecule has 2 nitrogen and oxygen atoms in total. The van der Waals surface area contributed by atoms with Crippen LogP contribution >= 0.6 is 0 Å². The molecule has 1 aromatic heterocycles. The number of hydrogen-bond donors (Lipinski definition) is 1. The number of benzene rings is 1. The van der Waals surface area contributed by atoms with E-state index in [1.807, 2.05) is 13.8 Å². The Morgan fingerprint density at radius 2 is 1.94 bits per heavy atom. The van der Waals surface area contributed by atoms with Crippen LogP contribution in [0.15, 0.2) is 28.9 Å². The van der Waals surface area contributed by atoms with Crippen LogP contribution in [-0.4, -0.2) is 5.11 Å². The van der Waals surface area contributed by atoms with Gasteiger partial charge in [0, 0.05) is 5.92 Å². The van der Waals surface area contributed by atoms with E-state index in [1.54, 1.807) is 6.26 Å². The Morgan fingerprint density at radius 1 is 1.22 bits per heavy atom. The minimum absolute atomic E-state index is 0.349. The fourth-order valence-corrected chi connectivity index (χ4v) is 3.00. The van der Waals surface area contributed by atoms with Crippen molar-refractivity contribution in [3.63, 3.8) is 0 Å². The second kappa shape index (κ2) is 4.20. The van der Waals surface area contributed by atoms with Gasteiger partial charge in [0.15, 0.2) is 0 Å². The maximum Gasteiger partial charge on any atom is 0.121 e. The molecule has 0 amide bonds. The third-order valence-electron chi connectivity index (χ3n) is 3.95. The number of aryl methyl sites for hydroxylation is 3. The van der Waals surface area contributed by atoms with Crippen molar-refractivity contribution in [3.8, 4) is 5.75 Å². The predicted molar refractivity (Wildman–Crippen MR) is 71.1 cm³/mol. The lowest BCUT2D eigenvalue weighted by molar-refractivity contribution is 0.443. The topological polar surface area (TPSA) is 33.4 Å². The van der Waals surface area contributed by atoms with Crippen molar-refractivity contribution in [2.45, 2.75) is 39.0 Å². The van der Waals surface area contributed by atoms with E-state index in [2.05, 4.69) is 18.2 Å². The first-order valence-electron chi connectivity index (χ1n) is 6.53. The monoisotopic (exact) mass is 242 g/mol. The van der Waals surface area contributed by atoms with Crippen LogP contribution in [0, 0.1) is 13.8 Å². The Balaban J connectivity index is 2.07. The molecule has 1 aromatic carbocycles. The number of hydrogen-bond acceptors (Lipinski definition) is 2. The summed E-state index contributed by atoms with van der Waals surface area (Å²) in [5.41, 5.74) is 4.50. The van der Waals surface area contributed by atoms with E-state index in [-0.39, 0.29) is 0 Å². The van der Waals surface area contributed by atoms with Gasteiger partial charge in [-0.3, -0.25) is 0 Å². The third-order valence-corrected chi connectivity index (χ3v) is 3.95. The van der Waals surface area contributed by atoms with E-state index in [0.29, 0.717) is 11.7 Å². The van der Waals surface area contributed by atoms with Crippen LogP contribution in [0.3, 0.4) is 0 Å². The van der Waals surface area contributed by atoms with Crippen molar-refractivity contribution < 1.29 is 9.52 Å². The molecule has 0 spiro atoms. The van der Waals surface area contributed by atoms with Crippen molar-refractivity contribution in [1.82, 2.24) is 0 Å². The van der Waals surface area contributed by atoms with Gasteiger partial charge >= 0.3 is 0 Å². The Labute approximate surface area is 107 Å². The van der Waals surface area contributed by atoms with Gasteiger partial charge in [0.2, 0.25) is 0 Å². The first kappa shape index (κ1) is 11.4. The summed E-state index contributed by atoms with van der Waals surface area (Å²) in [5.74, 6) is 1.88. The molecule has 1 aliphatic carbocycles. The molecule has 0 aliphatic heterocycles. The maximum absolute atomic E-state index is 9.86. The SMILES string of the molecule is Cc1cc(C2CCCc3ccoc32)cc(C)c1O. The smallest absolute Gasteiger partial charge is 0.121 e. The Kier molecular flexibility index (Phi) is 2.66. The van der Waals surface area contributed by atoms with Crippen LogP contribution in [0.4, 0.5) is 0 Å². The lowest BCUT2D eigenvalue weighted by atomic mass is 9.83. The summed E-state index contributed by atoms with van der Waals surface area (Å²) in [5, 5.41) is 9.86. The average Bonchev–Trinajstić information content (AvgIpc) is 2.83. The quantitative estimate of drug-likeness (QED) is 0.817. The molecule has 94 valence electrons. The molecule has 0 radical (unpaired) electrons. The van der Waals surface area contributed by atoms with Crippen LogP contribution in [0.5, 0.6) is 5.75 Å². The molecular formula is C16H18O2. The van der Waals surface area contributed by atoms with Gasteiger partial charge in [-0.05, 0) is 61.4 Å². The number of aromatic hydroxyl groups is 1. The van der Waals surface area contributed by atoms with Crippen molar-refractivity contribution in [3.05, 3.63) is 52.5 Å². The van der Waals surface area contributed by atoms with Crippen molar-refractivity contribution in [2.75, 3.05) is 0 Å². The number of phenols is 1. The van der Waals surface area contributed by atoms with E-state index < -0.39 is 0 Å². The predicted octanol–water partition coefficient (Wildman–Crippen LogP) is 4.07. The molecule has 2 aromatic rings. The van der Waals surface area contributed by atoms with Gasteiger partial charge in [-0.15, -0.1) is 0 Å². The first-order valence-corrected chi connectivity index (χ1v) is 6.53. The number of fused-ring (bicyclic) bond motifs is 1. The van der Waals surface area contributed by atoms with Crippen LogP contribution in [-0.2, 0) is 6.42 Å². The lowest BCUT2D eigenvalue weighted by Gasteiger charge is -2.22. The van der Waals surface area contributed by atoms with E-state index in [9.17, 15) is 5.11 Å². The molecule has 0 saturated heterocycles. The number of phenolic OH excluding ortho intramolecular Hbond substituents is 1. The van der Waals surface area contributed by atoms with Crippen LogP contribution < -0.4 is 0 Å². The largest absolute Gasteiger partial charge is 0.507 e. The minimum Gasteiger partial charge on any atom is -0.507 e. The molecule has 2 heteroatoms. The second-order valence-electron chi connectivity index (χ2n) is 5.26. The normalized spacial score (nSPS) is 18.7. The fraction of sp³-hybridized carbons (Fsp3) is 0.375. The number of rotatable bonds is 1. The van der Waals surface area contributed by atoms with Crippen molar-refractivity contribution >= 4 is 0 Å². The molecule has 18 heavy (non-hydrogen) atoms. The lowest BCUT2D eigenvalue weighted by Crippen LogP contribution is -2.09. The van der Waals surface area contributed by atoms with Crippen LogP contribution in [0.2, 0.25) is 0 Å².